The molecular formula is C21H32ClN3O4. The van der Waals surface area contributed by atoms with Gasteiger partial charge in [-0.05, 0) is 37.5 Å². The predicted octanol–water partition coefficient (Wildman–Crippen LogP) is 1.49. The van der Waals surface area contributed by atoms with Gasteiger partial charge in [0.15, 0.2) is 0 Å². The van der Waals surface area contributed by atoms with E-state index in [0.717, 1.165) is 17.7 Å². The molecule has 1 aromatic rings. The standard InChI is InChI=1S/C21H31N3O4.ClH/c1-16-20(22-10-15-28-16)21(26)24-12-3-11-23(13-14-24)19(25)9-6-17-4-7-18(27-2)8-5-17;/h4-5,7-8,16,20,22H,3,6,9-15H2,1-2H3;1H/t16-,20+;/m1./s1. The molecule has 0 bridgehead atoms. The molecule has 2 atom stereocenters. The first-order valence-corrected chi connectivity index (χ1v) is 10.1. The molecule has 2 amide bonds. The number of hydrogen-bond acceptors (Lipinski definition) is 5. The lowest BCUT2D eigenvalue weighted by molar-refractivity contribution is -0.140. The molecule has 8 heteroatoms. The highest BCUT2D eigenvalue weighted by atomic mass is 35.5. The summed E-state index contributed by atoms with van der Waals surface area (Å²) in [4.78, 5) is 29.2. The number of nitrogens with zero attached hydrogens (tertiary/aromatic N) is 2. The fraction of sp³-hybridized carbons (Fsp3) is 0.619. The third kappa shape index (κ3) is 6.32. The number of halogens is 1. The first-order chi connectivity index (χ1) is 13.6. The van der Waals surface area contributed by atoms with Crippen LogP contribution in [-0.2, 0) is 20.7 Å². The summed E-state index contributed by atoms with van der Waals surface area (Å²) in [5, 5.41) is 3.26. The fourth-order valence-electron chi connectivity index (χ4n) is 3.80. The molecule has 0 aliphatic carbocycles. The molecule has 2 aliphatic heterocycles. The third-order valence-electron chi connectivity index (χ3n) is 5.53. The number of carbonyl (C=O) groups is 2. The van der Waals surface area contributed by atoms with Gasteiger partial charge in [0.05, 0.1) is 19.8 Å². The van der Waals surface area contributed by atoms with Crippen molar-refractivity contribution < 1.29 is 19.1 Å². The summed E-state index contributed by atoms with van der Waals surface area (Å²) in [6.45, 7) is 5.84. The maximum absolute atomic E-state index is 12.8. The molecule has 0 aromatic heterocycles. The number of nitrogens with one attached hydrogen (secondary N) is 1. The quantitative estimate of drug-likeness (QED) is 0.773. The van der Waals surface area contributed by atoms with E-state index in [2.05, 4.69) is 5.32 Å². The van der Waals surface area contributed by atoms with Gasteiger partial charge < -0.3 is 24.6 Å². The van der Waals surface area contributed by atoms with Crippen molar-refractivity contribution in [3.63, 3.8) is 0 Å². The maximum atomic E-state index is 12.8. The fourth-order valence-corrected chi connectivity index (χ4v) is 3.80. The van der Waals surface area contributed by atoms with Crippen LogP contribution in [0.25, 0.3) is 0 Å². The second kappa shape index (κ2) is 11.4. The minimum absolute atomic E-state index is 0. The Labute approximate surface area is 179 Å². The Kier molecular flexibility index (Phi) is 9.20. The van der Waals surface area contributed by atoms with Crippen molar-refractivity contribution in [2.24, 2.45) is 0 Å². The molecule has 2 fully saturated rings. The smallest absolute Gasteiger partial charge is 0.242 e. The average molecular weight is 426 g/mol. The summed E-state index contributed by atoms with van der Waals surface area (Å²) in [7, 11) is 1.64. The second-order valence-electron chi connectivity index (χ2n) is 7.42. The van der Waals surface area contributed by atoms with E-state index >= 15 is 0 Å². The van der Waals surface area contributed by atoms with Gasteiger partial charge in [-0.25, -0.2) is 0 Å². The summed E-state index contributed by atoms with van der Waals surface area (Å²) in [6.07, 6.45) is 1.88. The topological polar surface area (TPSA) is 71.1 Å². The largest absolute Gasteiger partial charge is 0.497 e. The number of aryl methyl sites for hydroxylation is 1. The van der Waals surface area contributed by atoms with Crippen LogP contribution in [0.3, 0.4) is 0 Å². The molecule has 0 saturated carbocycles. The average Bonchev–Trinajstić information content (AvgIpc) is 2.98. The highest BCUT2D eigenvalue weighted by Crippen LogP contribution is 2.15. The predicted molar refractivity (Wildman–Crippen MR) is 114 cm³/mol. The minimum Gasteiger partial charge on any atom is -0.497 e. The molecule has 2 saturated heterocycles. The van der Waals surface area contributed by atoms with Crippen molar-refractivity contribution in [3.8, 4) is 5.75 Å². The third-order valence-corrected chi connectivity index (χ3v) is 5.53. The lowest BCUT2D eigenvalue weighted by atomic mass is 10.1. The van der Waals surface area contributed by atoms with E-state index in [9.17, 15) is 9.59 Å². The van der Waals surface area contributed by atoms with Crippen LogP contribution in [0.1, 0.15) is 25.3 Å². The maximum Gasteiger partial charge on any atom is 0.242 e. The van der Waals surface area contributed by atoms with E-state index in [1.807, 2.05) is 41.0 Å². The molecule has 162 valence electrons. The Morgan fingerprint density at radius 3 is 2.52 bits per heavy atom. The molecule has 0 radical (unpaired) electrons. The molecule has 2 heterocycles. The van der Waals surface area contributed by atoms with E-state index in [1.54, 1.807) is 7.11 Å². The second-order valence-corrected chi connectivity index (χ2v) is 7.42. The Hall–Kier alpha value is -1.83. The van der Waals surface area contributed by atoms with E-state index in [1.165, 1.54) is 0 Å². The molecule has 7 nitrogen and oxygen atoms in total. The zero-order valence-corrected chi connectivity index (χ0v) is 18.1. The number of carbonyl (C=O) groups excluding carboxylic acids is 2. The molecule has 0 unspecified atom stereocenters. The first kappa shape index (κ1) is 23.4. The number of methoxy groups -OCH3 is 1. The van der Waals surface area contributed by atoms with Crippen molar-refractivity contribution in [3.05, 3.63) is 29.8 Å². The highest BCUT2D eigenvalue weighted by Gasteiger charge is 2.32. The van der Waals surface area contributed by atoms with E-state index in [0.29, 0.717) is 52.2 Å². The van der Waals surface area contributed by atoms with Crippen LogP contribution in [0.5, 0.6) is 5.75 Å². The highest BCUT2D eigenvalue weighted by molar-refractivity contribution is 5.85. The van der Waals surface area contributed by atoms with Crippen LogP contribution in [0.2, 0.25) is 0 Å². The molecule has 0 spiro atoms. The van der Waals surface area contributed by atoms with Gasteiger partial charge in [-0.1, -0.05) is 12.1 Å². The van der Waals surface area contributed by atoms with Gasteiger partial charge >= 0.3 is 0 Å². The van der Waals surface area contributed by atoms with E-state index in [4.69, 9.17) is 9.47 Å². The number of rotatable bonds is 5. The monoisotopic (exact) mass is 425 g/mol. The Balaban J connectivity index is 0.00000300. The zero-order chi connectivity index (χ0) is 19.9. The van der Waals surface area contributed by atoms with Crippen molar-refractivity contribution in [1.82, 2.24) is 15.1 Å². The number of ether oxygens (including phenoxy) is 2. The summed E-state index contributed by atoms with van der Waals surface area (Å²) < 4.78 is 10.8. The van der Waals surface area contributed by atoms with Crippen LogP contribution in [0, 0.1) is 0 Å². The van der Waals surface area contributed by atoms with Crippen LogP contribution >= 0.6 is 12.4 Å². The van der Waals surface area contributed by atoms with Crippen LogP contribution in [0.4, 0.5) is 0 Å². The van der Waals surface area contributed by atoms with Gasteiger partial charge in [0.1, 0.15) is 11.8 Å². The number of benzene rings is 1. The minimum atomic E-state index is -0.286. The summed E-state index contributed by atoms with van der Waals surface area (Å²) in [5.41, 5.74) is 1.12. The summed E-state index contributed by atoms with van der Waals surface area (Å²) in [5.74, 6) is 1.05. The van der Waals surface area contributed by atoms with Crippen molar-refractivity contribution in [2.45, 2.75) is 38.3 Å². The van der Waals surface area contributed by atoms with Gasteiger partial charge in [0, 0.05) is 39.1 Å². The number of morpholine rings is 1. The molecular weight excluding hydrogens is 394 g/mol. The van der Waals surface area contributed by atoms with Crippen LogP contribution < -0.4 is 10.1 Å². The lowest BCUT2D eigenvalue weighted by Crippen LogP contribution is -2.56. The summed E-state index contributed by atoms with van der Waals surface area (Å²) >= 11 is 0. The molecule has 1 N–H and O–H groups in total. The number of amides is 2. The molecule has 29 heavy (non-hydrogen) atoms. The SMILES string of the molecule is COc1ccc(CCC(=O)N2CCCN(C(=O)[C@H]3NCCO[C@@H]3C)CC2)cc1.Cl. The lowest BCUT2D eigenvalue weighted by Gasteiger charge is -2.33. The van der Waals surface area contributed by atoms with Gasteiger partial charge in [0.2, 0.25) is 11.8 Å². The van der Waals surface area contributed by atoms with Crippen LogP contribution in [0.15, 0.2) is 24.3 Å². The molecule has 2 aliphatic rings. The van der Waals surface area contributed by atoms with Gasteiger partial charge in [-0.2, -0.15) is 0 Å². The molecule has 3 rings (SSSR count). The molecule has 1 aromatic carbocycles. The van der Waals surface area contributed by atoms with Crippen LogP contribution in [-0.4, -0.2) is 80.2 Å². The van der Waals surface area contributed by atoms with E-state index in [-0.39, 0.29) is 36.4 Å². The Bertz CT molecular complexity index is 670. The van der Waals surface area contributed by atoms with Gasteiger partial charge in [-0.3, -0.25) is 9.59 Å². The zero-order valence-electron chi connectivity index (χ0n) is 17.3. The summed E-state index contributed by atoms with van der Waals surface area (Å²) in [6, 6.07) is 7.54. The van der Waals surface area contributed by atoms with Gasteiger partial charge in [0.25, 0.3) is 0 Å². The van der Waals surface area contributed by atoms with Crippen molar-refractivity contribution in [1.29, 1.82) is 0 Å². The normalized spacial score (nSPS) is 22.4. The Morgan fingerprint density at radius 2 is 1.83 bits per heavy atom. The first-order valence-electron chi connectivity index (χ1n) is 10.1. The Morgan fingerprint density at radius 1 is 1.14 bits per heavy atom. The van der Waals surface area contributed by atoms with Crippen molar-refractivity contribution in [2.75, 3.05) is 46.4 Å². The van der Waals surface area contributed by atoms with Crippen molar-refractivity contribution >= 4 is 24.2 Å². The number of hydrogen-bond donors (Lipinski definition) is 1. The van der Waals surface area contributed by atoms with Gasteiger partial charge in [-0.15, -0.1) is 12.4 Å². The van der Waals surface area contributed by atoms with E-state index < -0.39 is 0 Å².